The van der Waals surface area contributed by atoms with E-state index in [0.717, 1.165) is 5.75 Å². The summed E-state index contributed by atoms with van der Waals surface area (Å²) in [7, 11) is 1.37. The van der Waals surface area contributed by atoms with Gasteiger partial charge in [0.05, 0.1) is 32.4 Å². The molecule has 9 nitrogen and oxygen atoms in total. The number of hydrogen-bond acceptors (Lipinski definition) is 9. The molecular weight excluding hydrogens is 410 g/mol. The number of rotatable bonds is 6. The molecule has 0 aliphatic carbocycles. The number of ether oxygens (including phenoxy) is 4. The van der Waals surface area contributed by atoms with Crippen LogP contribution in [0.1, 0.15) is 41.5 Å². The van der Waals surface area contributed by atoms with Crippen LogP contribution in [0.25, 0.3) is 0 Å². The van der Waals surface area contributed by atoms with E-state index in [1.807, 2.05) is 53.3 Å². The van der Waals surface area contributed by atoms with Gasteiger partial charge < -0.3 is 23.8 Å². The van der Waals surface area contributed by atoms with Crippen molar-refractivity contribution in [1.82, 2.24) is 15.5 Å². The normalized spacial score (nSPS) is 28.8. The van der Waals surface area contributed by atoms with Crippen LogP contribution in [0.15, 0.2) is 0 Å². The van der Waals surface area contributed by atoms with Gasteiger partial charge in [0.2, 0.25) is 0 Å². The zero-order valence-electron chi connectivity index (χ0n) is 18.9. The monoisotopic (exact) mass is 445 g/mol. The van der Waals surface area contributed by atoms with Crippen LogP contribution >= 0.6 is 11.8 Å². The second-order valence-corrected chi connectivity index (χ2v) is 11.5. The third kappa shape index (κ3) is 6.00. The number of likely N-dealkylation sites (tertiary alicyclic amines) is 1. The summed E-state index contributed by atoms with van der Waals surface area (Å²) in [5.41, 5.74) is -0.843. The molecule has 3 aliphatic heterocycles. The van der Waals surface area contributed by atoms with Gasteiger partial charge in [0.15, 0.2) is 0 Å². The molecule has 3 saturated heterocycles. The molecular formula is C20H35N3O6S. The van der Waals surface area contributed by atoms with Gasteiger partial charge in [0.1, 0.15) is 28.8 Å². The molecule has 3 aliphatic rings. The van der Waals surface area contributed by atoms with E-state index in [4.69, 9.17) is 18.9 Å². The van der Waals surface area contributed by atoms with E-state index in [9.17, 15) is 9.59 Å². The van der Waals surface area contributed by atoms with Crippen molar-refractivity contribution in [2.75, 3.05) is 32.6 Å². The Kier molecular flexibility index (Phi) is 6.65. The molecule has 0 aromatic heterocycles. The van der Waals surface area contributed by atoms with E-state index >= 15 is 0 Å². The molecule has 3 heterocycles. The highest BCUT2D eigenvalue weighted by Crippen LogP contribution is 2.42. The molecule has 30 heavy (non-hydrogen) atoms. The molecule has 10 heteroatoms. The van der Waals surface area contributed by atoms with Gasteiger partial charge in [-0.1, -0.05) is 0 Å². The number of hydrogen-bond donors (Lipinski definition) is 2. The van der Waals surface area contributed by atoms with Gasteiger partial charge in [-0.3, -0.25) is 15.4 Å². The number of carbonyl (C=O) groups is 2. The van der Waals surface area contributed by atoms with Crippen molar-refractivity contribution in [2.45, 2.75) is 82.0 Å². The van der Waals surface area contributed by atoms with Gasteiger partial charge in [-0.2, -0.15) is 0 Å². The largest absolute Gasteiger partial charge is 0.468 e. The zero-order chi connectivity index (χ0) is 22.3. The van der Waals surface area contributed by atoms with E-state index in [1.165, 1.54) is 7.11 Å². The SMILES string of the molecule is COC(=O)[C@H](COC(C)(C)C)NC1OC1[C@@H]1CSC2(CN(C(=O)OC(C)(C)C)C2)N1. The fraction of sp³-hybridized carbons (Fsp3) is 0.900. The molecule has 172 valence electrons. The fourth-order valence-corrected chi connectivity index (χ4v) is 4.98. The molecule has 0 radical (unpaired) electrons. The van der Waals surface area contributed by atoms with Crippen LogP contribution in [0.5, 0.6) is 0 Å². The molecule has 2 N–H and O–H groups in total. The van der Waals surface area contributed by atoms with Gasteiger partial charge in [0.25, 0.3) is 0 Å². The Hall–Kier alpha value is -1.07. The predicted octanol–water partition coefficient (Wildman–Crippen LogP) is 1.31. The van der Waals surface area contributed by atoms with Crippen molar-refractivity contribution in [1.29, 1.82) is 0 Å². The van der Waals surface area contributed by atoms with Crippen molar-refractivity contribution in [3.8, 4) is 0 Å². The smallest absolute Gasteiger partial charge is 0.410 e. The standard InChI is InChI=1S/C20H35N3O6S/c1-18(2,3)27-8-12(16(24)26-7)21-15-14(28-15)13-9-30-20(22-13)10-23(11-20)17(25)29-19(4,5)6/h12-15,21-22H,8-11H2,1-7H3/t12-,13-,14?,15?/m0/s1. The maximum atomic E-state index is 12.2. The Morgan fingerprint density at radius 1 is 1.23 bits per heavy atom. The first-order valence-corrected chi connectivity index (χ1v) is 11.3. The Labute approximate surface area is 182 Å². The summed E-state index contributed by atoms with van der Waals surface area (Å²) >= 11 is 1.81. The third-order valence-electron chi connectivity index (χ3n) is 4.99. The van der Waals surface area contributed by atoms with Crippen LogP contribution < -0.4 is 10.6 Å². The molecule has 3 rings (SSSR count). The third-order valence-corrected chi connectivity index (χ3v) is 6.44. The van der Waals surface area contributed by atoms with E-state index < -0.39 is 11.6 Å². The molecule has 1 amide bonds. The molecule has 3 fully saturated rings. The minimum atomic E-state index is -0.585. The second kappa shape index (κ2) is 8.46. The average molecular weight is 446 g/mol. The van der Waals surface area contributed by atoms with Crippen molar-refractivity contribution >= 4 is 23.8 Å². The van der Waals surface area contributed by atoms with Crippen molar-refractivity contribution in [3.63, 3.8) is 0 Å². The quantitative estimate of drug-likeness (QED) is 0.463. The first-order valence-electron chi connectivity index (χ1n) is 10.3. The summed E-state index contributed by atoms with van der Waals surface area (Å²) < 4.78 is 21.9. The van der Waals surface area contributed by atoms with Crippen LogP contribution in [0, 0.1) is 0 Å². The average Bonchev–Trinajstić information content (AvgIpc) is 3.20. The number of epoxide rings is 1. The molecule has 0 aromatic rings. The maximum absolute atomic E-state index is 12.2. The topological polar surface area (TPSA) is 102 Å². The first kappa shape index (κ1) is 23.6. The summed E-state index contributed by atoms with van der Waals surface area (Å²) in [6, 6.07) is -0.436. The van der Waals surface area contributed by atoms with E-state index in [0.29, 0.717) is 13.1 Å². The predicted molar refractivity (Wildman–Crippen MR) is 113 cm³/mol. The van der Waals surface area contributed by atoms with E-state index in [1.54, 1.807) is 4.90 Å². The number of methoxy groups -OCH3 is 1. The summed E-state index contributed by atoms with van der Waals surface area (Å²) in [4.78, 5) is 25.8. The van der Waals surface area contributed by atoms with Crippen molar-refractivity contribution in [3.05, 3.63) is 0 Å². The molecule has 0 bridgehead atoms. The van der Waals surface area contributed by atoms with Crippen LogP contribution in [-0.4, -0.2) is 90.0 Å². The number of nitrogens with zero attached hydrogens (tertiary/aromatic N) is 1. The van der Waals surface area contributed by atoms with Gasteiger partial charge in [-0.05, 0) is 41.5 Å². The Morgan fingerprint density at radius 2 is 1.90 bits per heavy atom. The maximum Gasteiger partial charge on any atom is 0.410 e. The van der Waals surface area contributed by atoms with E-state index in [-0.39, 0.29) is 47.5 Å². The summed E-state index contributed by atoms with van der Waals surface area (Å²) in [5, 5.41) is 6.82. The molecule has 0 aromatic carbocycles. The lowest BCUT2D eigenvalue weighted by Crippen LogP contribution is -2.68. The highest BCUT2D eigenvalue weighted by molar-refractivity contribution is 8.01. The summed E-state index contributed by atoms with van der Waals surface area (Å²) in [6.45, 7) is 12.9. The molecule has 0 saturated carbocycles. The number of thioether (sulfide) groups is 1. The van der Waals surface area contributed by atoms with Crippen LogP contribution in [0.4, 0.5) is 4.79 Å². The second-order valence-electron chi connectivity index (χ2n) is 10.1. The minimum absolute atomic E-state index is 0.0331. The first-order chi connectivity index (χ1) is 13.8. The number of amides is 1. The van der Waals surface area contributed by atoms with Crippen LogP contribution in [-0.2, 0) is 23.7 Å². The lowest BCUT2D eigenvalue weighted by Gasteiger charge is -2.47. The molecule has 1 spiro atoms. The lowest BCUT2D eigenvalue weighted by atomic mass is 10.1. The lowest BCUT2D eigenvalue weighted by molar-refractivity contribution is -0.146. The Balaban J connectivity index is 1.45. The Morgan fingerprint density at radius 3 is 2.47 bits per heavy atom. The summed E-state index contributed by atoms with van der Waals surface area (Å²) in [5.74, 6) is 0.512. The van der Waals surface area contributed by atoms with Crippen molar-refractivity contribution < 1.29 is 28.5 Å². The number of carbonyl (C=O) groups excluding carboxylic acids is 2. The highest BCUT2D eigenvalue weighted by Gasteiger charge is 2.57. The number of nitrogens with one attached hydrogen (secondary N) is 2. The number of esters is 1. The van der Waals surface area contributed by atoms with Crippen LogP contribution in [0.3, 0.4) is 0 Å². The molecule has 4 atom stereocenters. The highest BCUT2D eigenvalue weighted by atomic mass is 32.2. The van der Waals surface area contributed by atoms with Gasteiger partial charge >= 0.3 is 12.1 Å². The van der Waals surface area contributed by atoms with Crippen LogP contribution in [0.2, 0.25) is 0 Å². The van der Waals surface area contributed by atoms with E-state index in [2.05, 4.69) is 10.6 Å². The Bertz CT molecular complexity index is 656. The van der Waals surface area contributed by atoms with Gasteiger partial charge in [-0.25, -0.2) is 4.79 Å². The zero-order valence-corrected chi connectivity index (χ0v) is 19.8. The minimum Gasteiger partial charge on any atom is -0.468 e. The molecule has 2 unspecified atom stereocenters. The fourth-order valence-electron chi connectivity index (χ4n) is 3.48. The van der Waals surface area contributed by atoms with Gasteiger partial charge in [0, 0.05) is 11.8 Å². The van der Waals surface area contributed by atoms with Crippen molar-refractivity contribution in [2.24, 2.45) is 0 Å². The summed E-state index contributed by atoms with van der Waals surface area (Å²) in [6.07, 6.45) is -0.539. The van der Waals surface area contributed by atoms with Gasteiger partial charge in [-0.15, -0.1) is 11.8 Å².